The summed E-state index contributed by atoms with van der Waals surface area (Å²) in [5.41, 5.74) is 2.28. The van der Waals surface area contributed by atoms with Crippen LogP contribution in [0.1, 0.15) is 56.3 Å². The molecule has 0 aromatic heterocycles. The molecule has 2 heteroatoms. The molecule has 18 heavy (non-hydrogen) atoms. The summed E-state index contributed by atoms with van der Waals surface area (Å²) >= 11 is 3.52. The summed E-state index contributed by atoms with van der Waals surface area (Å²) in [5.74, 6) is 1.25. The molecule has 0 heterocycles. The lowest BCUT2D eigenvalue weighted by Gasteiger charge is -2.32. The highest BCUT2D eigenvalue weighted by Gasteiger charge is 2.27. The zero-order chi connectivity index (χ0) is 13.1. The fourth-order valence-corrected chi connectivity index (χ4v) is 3.82. The van der Waals surface area contributed by atoms with Crippen LogP contribution in [-0.2, 0) is 0 Å². The van der Waals surface area contributed by atoms with E-state index in [0.29, 0.717) is 5.92 Å². The van der Waals surface area contributed by atoms with E-state index >= 15 is 0 Å². The van der Waals surface area contributed by atoms with Gasteiger partial charge in [0, 0.05) is 4.47 Å². The molecule has 1 nitrogen and oxygen atoms in total. The lowest BCUT2D eigenvalue weighted by atomic mass is 9.76. The Balaban J connectivity index is 2.12. The predicted octanol–water partition coefficient (Wildman–Crippen LogP) is 5.01. The maximum absolute atomic E-state index is 10.6. The SMILES string of the molecule is CCC1CCCC(C(O)c2cc(C)cc(Br)c2)C1. The largest absolute Gasteiger partial charge is 0.388 e. The standard InChI is InChI=1S/C16H23BrO/c1-3-12-5-4-6-13(9-12)16(18)14-7-11(2)8-15(17)10-14/h7-8,10,12-13,16,18H,3-6,9H2,1-2H3. The van der Waals surface area contributed by atoms with Gasteiger partial charge in [0.05, 0.1) is 6.10 Å². The Morgan fingerprint density at radius 1 is 1.33 bits per heavy atom. The van der Waals surface area contributed by atoms with Crippen LogP contribution in [0, 0.1) is 18.8 Å². The van der Waals surface area contributed by atoms with Crippen LogP contribution < -0.4 is 0 Å². The van der Waals surface area contributed by atoms with Gasteiger partial charge in [-0.3, -0.25) is 0 Å². The van der Waals surface area contributed by atoms with Crippen molar-refractivity contribution >= 4 is 15.9 Å². The van der Waals surface area contributed by atoms with Crippen LogP contribution in [0.4, 0.5) is 0 Å². The van der Waals surface area contributed by atoms with Gasteiger partial charge in [-0.05, 0) is 54.9 Å². The summed E-state index contributed by atoms with van der Waals surface area (Å²) in [6.07, 6.45) is 5.92. The molecule has 0 saturated heterocycles. The van der Waals surface area contributed by atoms with Crippen LogP contribution in [0.3, 0.4) is 0 Å². The molecule has 2 rings (SSSR count). The average Bonchev–Trinajstić information content (AvgIpc) is 2.37. The highest BCUT2D eigenvalue weighted by molar-refractivity contribution is 9.10. The van der Waals surface area contributed by atoms with E-state index in [4.69, 9.17) is 0 Å². The van der Waals surface area contributed by atoms with Gasteiger partial charge in [-0.1, -0.05) is 48.2 Å². The number of aliphatic hydroxyl groups excluding tert-OH is 1. The molecule has 0 bridgehead atoms. The fourth-order valence-electron chi connectivity index (χ4n) is 3.20. The van der Waals surface area contributed by atoms with Gasteiger partial charge < -0.3 is 5.11 Å². The monoisotopic (exact) mass is 310 g/mol. The van der Waals surface area contributed by atoms with E-state index in [1.165, 1.54) is 37.7 Å². The van der Waals surface area contributed by atoms with E-state index in [1.54, 1.807) is 0 Å². The van der Waals surface area contributed by atoms with Crippen LogP contribution in [0.15, 0.2) is 22.7 Å². The molecule has 0 amide bonds. The van der Waals surface area contributed by atoms with Gasteiger partial charge in [0.15, 0.2) is 0 Å². The second-order valence-electron chi connectivity index (χ2n) is 5.71. The Bertz CT molecular complexity index is 382. The average molecular weight is 311 g/mol. The minimum absolute atomic E-state index is 0.296. The van der Waals surface area contributed by atoms with E-state index in [0.717, 1.165) is 16.0 Å². The molecule has 1 aliphatic carbocycles. The van der Waals surface area contributed by atoms with E-state index in [-0.39, 0.29) is 6.10 Å². The summed E-state index contributed by atoms with van der Waals surface area (Å²) in [4.78, 5) is 0. The molecule has 1 aromatic rings. The lowest BCUT2D eigenvalue weighted by Crippen LogP contribution is -2.21. The van der Waals surface area contributed by atoms with Crippen molar-refractivity contribution in [3.63, 3.8) is 0 Å². The third-order valence-electron chi connectivity index (χ3n) is 4.25. The summed E-state index contributed by atoms with van der Waals surface area (Å²) in [6.45, 7) is 4.35. The first-order valence-electron chi connectivity index (χ1n) is 7.05. The normalized spacial score (nSPS) is 26.0. The summed E-state index contributed by atoms with van der Waals surface area (Å²) in [6, 6.07) is 6.27. The van der Waals surface area contributed by atoms with Gasteiger partial charge in [-0.15, -0.1) is 0 Å². The van der Waals surface area contributed by atoms with Crippen molar-refractivity contribution < 1.29 is 5.11 Å². The van der Waals surface area contributed by atoms with Gasteiger partial charge in [0.1, 0.15) is 0 Å². The smallest absolute Gasteiger partial charge is 0.0818 e. The first-order chi connectivity index (χ1) is 8.60. The third kappa shape index (κ3) is 3.36. The predicted molar refractivity (Wildman–Crippen MR) is 79.6 cm³/mol. The van der Waals surface area contributed by atoms with Gasteiger partial charge in [0.25, 0.3) is 0 Å². The topological polar surface area (TPSA) is 20.2 Å². The second-order valence-corrected chi connectivity index (χ2v) is 6.62. The minimum atomic E-state index is -0.296. The lowest BCUT2D eigenvalue weighted by molar-refractivity contribution is 0.0677. The fraction of sp³-hybridized carbons (Fsp3) is 0.625. The van der Waals surface area contributed by atoms with Crippen LogP contribution in [0.5, 0.6) is 0 Å². The third-order valence-corrected chi connectivity index (χ3v) is 4.71. The van der Waals surface area contributed by atoms with Crippen LogP contribution in [0.25, 0.3) is 0 Å². The van der Waals surface area contributed by atoms with Crippen molar-refractivity contribution in [2.75, 3.05) is 0 Å². The van der Waals surface area contributed by atoms with Crippen molar-refractivity contribution in [3.8, 4) is 0 Å². The highest BCUT2D eigenvalue weighted by atomic mass is 79.9. The first kappa shape index (κ1) is 14.1. The second kappa shape index (κ2) is 6.21. The van der Waals surface area contributed by atoms with Gasteiger partial charge in [0.2, 0.25) is 0 Å². The number of aryl methyl sites for hydroxylation is 1. The van der Waals surface area contributed by atoms with Crippen molar-refractivity contribution in [1.82, 2.24) is 0 Å². The Labute approximate surface area is 119 Å². The number of benzene rings is 1. The van der Waals surface area contributed by atoms with Gasteiger partial charge >= 0.3 is 0 Å². The molecule has 100 valence electrons. The molecule has 3 atom stereocenters. The number of hydrogen-bond donors (Lipinski definition) is 1. The highest BCUT2D eigenvalue weighted by Crippen LogP contribution is 2.39. The molecular weight excluding hydrogens is 288 g/mol. The summed E-state index contributed by atoms with van der Waals surface area (Å²) in [7, 11) is 0. The van der Waals surface area contributed by atoms with Crippen molar-refractivity contribution in [2.24, 2.45) is 11.8 Å². The Hall–Kier alpha value is -0.340. The maximum atomic E-state index is 10.6. The zero-order valence-corrected chi connectivity index (χ0v) is 12.9. The Kier molecular flexibility index (Phi) is 4.85. The summed E-state index contributed by atoms with van der Waals surface area (Å²) < 4.78 is 1.07. The zero-order valence-electron chi connectivity index (χ0n) is 11.3. The molecule has 0 spiro atoms. The van der Waals surface area contributed by atoms with E-state index in [1.807, 2.05) is 0 Å². The summed E-state index contributed by atoms with van der Waals surface area (Å²) in [5, 5.41) is 10.6. The van der Waals surface area contributed by atoms with Gasteiger partial charge in [-0.2, -0.15) is 0 Å². The first-order valence-corrected chi connectivity index (χ1v) is 7.84. The van der Waals surface area contributed by atoms with Crippen molar-refractivity contribution in [2.45, 2.75) is 52.1 Å². The molecule has 0 radical (unpaired) electrons. The molecule has 1 aliphatic rings. The number of hydrogen-bond acceptors (Lipinski definition) is 1. The molecule has 3 unspecified atom stereocenters. The van der Waals surface area contributed by atoms with E-state index in [9.17, 15) is 5.11 Å². The van der Waals surface area contributed by atoms with E-state index < -0.39 is 0 Å². The minimum Gasteiger partial charge on any atom is -0.388 e. The van der Waals surface area contributed by atoms with Crippen LogP contribution in [0.2, 0.25) is 0 Å². The van der Waals surface area contributed by atoms with E-state index in [2.05, 4.69) is 48.0 Å². The molecule has 1 saturated carbocycles. The quantitative estimate of drug-likeness (QED) is 0.832. The molecule has 1 aromatic carbocycles. The molecule has 1 N–H and O–H groups in total. The van der Waals surface area contributed by atoms with Gasteiger partial charge in [-0.25, -0.2) is 0 Å². The number of rotatable bonds is 3. The molecule has 0 aliphatic heterocycles. The molecule has 1 fully saturated rings. The van der Waals surface area contributed by atoms with Crippen LogP contribution in [-0.4, -0.2) is 5.11 Å². The van der Waals surface area contributed by atoms with Crippen molar-refractivity contribution in [1.29, 1.82) is 0 Å². The van der Waals surface area contributed by atoms with Crippen molar-refractivity contribution in [3.05, 3.63) is 33.8 Å². The molecular formula is C16H23BrO. The maximum Gasteiger partial charge on any atom is 0.0818 e. The van der Waals surface area contributed by atoms with Crippen LogP contribution >= 0.6 is 15.9 Å². The Morgan fingerprint density at radius 3 is 2.78 bits per heavy atom. The Morgan fingerprint density at radius 2 is 2.11 bits per heavy atom. The number of aliphatic hydroxyl groups is 1. The number of halogens is 1.